The number of nitrogens with two attached hydrogens (primary N) is 1. The van der Waals surface area contributed by atoms with Gasteiger partial charge in [-0.15, -0.1) is 0 Å². The van der Waals surface area contributed by atoms with Crippen LogP contribution >= 0.6 is 0 Å². The molecule has 4 nitrogen and oxygen atoms in total. The Balaban J connectivity index is 2.55. The van der Waals surface area contributed by atoms with Crippen LogP contribution in [0.15, 0.2) is 24.3 Å². The Kier molecular flexibility index (Phi) is 4.12. The molecule has 1 aromatic rings. The van der Waals surface area contributed by atoms with E-state index in [9.17, 15) is 4.79 Å². The zero-order valence-corrected chi connectivity index (χ0v) is 9.16. The number of hydrogen-bond donors (Lipinski definition) is 2. The smallest absolute Gasteiger partial charge is 0.238 e. The highest BCUT2D eigenvalue weighted by Crippen LogP contribution is 2.16. The molecule has 0 saturated heterocycles. The van der Waals surface area contributed by atoms with Crippen LogP contribution in [-0.4, -0.2) is 30.9 Å². The molecule has 3 N–H and O–H groups in total. The van der Waals surface area contributed by atoms with Crippen LogP contribution in [0.3, 0.4) is 0 Å². The average molecular weight is 207 g/mol. The first-order chi connectivity index (χ1) is 7.13. The normalized spacial score (nSPS) is 10.3. The van der Waals surface area contributed by atoms with Gasteiger partial charge in [-0.25, -0.2) is 0 Å². The van der Waals surface area contributed by atoms with E-state index >= 15 is 0 Å². The van der Waals surface area contributed by atoms with Crippen molar-refractivity contribution < 1.29 is 4.79 Å². The average Bonchev–Trinajstić information content (AvgIpc) is 2.21. The van der Waals surface area contributed by atoms with Crippen molar-refractivity contribution in [1.29, 1.82) is 0 Å². The molecule has 1 rings (SSSR count). The molecule has 0 bridgehead atoms. The molecule has 0 fully saturated rings. The third-order valence-corrected chi connectivity index (χ3v) is 2.19. The third-order valence-electron chi connectivity index (χ3n) is 2.19. The van der Waals surface area contributed by atoms with Crippen molar-refractivity contribution in [3.63, 3.8) is 0 Å². The minimum absolute atomic E-state index is 0.0442. The van der Waals surface area contributed by atoms with Gasteiger partial charge < -0.3 is 11.1 Å². The van der Waals surface area contributed by atoms with Crippen LogP contribution in [-0.2, 0) is 4.79 Å². The molecule has 0 aliphatic rings. The Morgan fingerprint density at radius 2 is 2.13 bits per heavy atom. The van der Waals surface area contributed by atoms with Gasteiger partial charge in [0.2, 0.25) is 5.91 Å². The van der Waals surface area contributed by atoms with E-state index in [1.54, 1.807) is 12.1 Å². The summed E-state index contributed by atoms with van der Waals surface area (Å²) in [7, 11) is 1.90. The molecule has 1 aromatic carbocycles. The van der Waals surface area contributed by atoms with Crippen molar-refractivity contribution in [2.75, 3.05) is 31.2 Å². The van der Waals surface area contributed by atoms with Gasteiger partial charge in [0.25, 0.3) is 0 Å². The SMILES string of the molecule is CCN(C)CC(=O)Nc1ccccc1N. The molecule has 0 spiro atoms. The summed E-state index contributed by atoms with van der Waals surface area (Å²) in [5, 5.41) is 2.77. The van der Waals surface area contributed by atoms with E-state index in [4.69, 9.17) is 5.73 Å². The lowest BCUT2D eigenvalue weighted by Gasteiger charge is -2.14. The summed E-state index contributed by atoms with van der Waals surface area (Å²) in [6.45, 7) is 3.23. The third kappa shape index (κ3) is 3.59. The summed E-state index contributed by atoms with van der Waals surface area (Å²) in [6.07, 6.45) is 0. The van der Waals surface area contributed by atoms with E-state index in [2.05, 4.69) is 5.32 Å². The summed E-state index contributed by atoms with van der Waals surface area (Å²) < 4.78 is 0. The Hall–Kier alpha value is -1.55. The van der Waals surface area contributed by atoms with Crippen LogP contribution < -0.4 is 11.1 Å². The van der Waals surface area contributed by atoms with Crippen LogP contribution in [0.2, 0.25) is 0 Å². The van der Waals surface area contributed by atoms with Crippen molar-refractivity contribution in [2.24, 2.45) is 0 Å². The minimum Gasteiger partial charge on any atom is -0.397 e. The molecular formula is C11H17N3O. The Morgan fingerprint density at radius 3 is 2.73 bits per heavy atom. The molecule has 0 atom stereocenters. The highest BCUT2D eigenvalue weighted by atomic mass is 16.2. The van der Waals surface area contributed by atoms with Crippen molar-refractivity contribution in [1.82, 2.24) is 4.90 Å². The molecule has 82 valence electrons. The number of nitrogens with one attached hydrogen (secondary N) is 1. The molecule has 0 aliphatic heterocycles. The lowest BCUT2D eigenvalue weighted by molar-refractivity contribution is -0.117. The zero-order chi connectivity index (χ0) is 11.3. The molecule has 0 radical (unpaired) electrons. The van der Waals surface area contributed by atoms with Gasteiger partial charge in [0.05, 0.1) is 17.9 Å². The molecular weight excluding hydrogens is 190 g/mol. The first-order valence-corrected chi connectivity index (χ1v) is 4.96. The molecule has 0 unspecified atom stereocenters. The molecule has 0 saturated carbocycles. The van der Waals surface area contributed by atoms with E-state index in [0.29, 0.717) is 17.9 Å². The Bertz CT molecular complexity index is 338. The number of para-hydroxylation sites is 2. The fourth-order valence-corrected chi connectivity index (χ4v) is 1.16. The summed E-state index contributed by atoms with van der Waals surface area (Å²) >= 11 is 0. The molecule has 15 heavy (non-hydrogen) atoms. The number of nitrogen functional groups attached to an aromatic ring is 1. The molecule has 4 heteroatoms. The van der Waals surface area contributed by atoms with E-state index in [1.165, 1.54) is 0 Å². The summed E-state index contributed by atoms with van der Waals surface area (Å²) in [5.74, 6) is -0.0442. The van der Waals surface area contributed by atoms with Crippen LogP contribution in [0.4, 0.5) is 11.4 Å². The number of carbonyl (C=O) groups is 1. The van der Waals surface area contributed by atoms with Gasteiger partial charge in [-0.1, -0.05) is 19.1 Å². The molecule has 1 amide bonds. The molecule has 0 aliphatic carbocycles. The van der Waals surface area contributed by atoms with Gasteiger partial charge in [-0.3, -0.25) is 9.69 Å². The van der Waals surface area contributed by atoms with Crippen molar-refractivity contribution >= 4 is 17.3 Å². The topological polar surface area (TPSA) is 58.4 Å². The van der Waals surface area contributed by atoms with E-state index in [-0.39, 0.29) is 5.91 Å². The van der Waals surface area contributed by atoms with Gasteiger partial charge in [-0.2, -0.15) is 0 Å². The van der Waals surface area contributed by atoms with Crippen LogP contribution in [0.25, 0.3) is 0 Å². The zero-order valence-electron chi connectivity index (χ0n) is 9.16. The maximum Gasteiger partial charge on any atom is 0.238 e. The summed E-state index contributed by atoms with van der Waals surface area (Å²) in [5.41, 5.74) is 6.96. The predicted molar refractivity (Wildman–Crippen MR) is 62.7 cm³/mol. The number of likely N-dealkylation sites (N-methyl/N-ethyl adjacent to an activating group) is 1. The van der Waals surface area contributed by atoms with Crippen molar-refractivity contribution in [3.05, 3.63) is 24.3 Å². The maximum atomic E-state index is 11.5. The number of nitrogens with zero attached hydrogens (tertiary/aromatic N) is 1. The number of amides is 1. The molecule has 0 heterocycles. The number of carbonyl (C=O) groups excluding carboxylic acids is 1. The van der Waals surface area contributed by atoms with Gasteiger partial charge in [0, 0.05) is 0 Å². The van der Waals surface area contributed by atoms with Crippen molar-refractivity contribution in [2.45, 2.75) is 6.92 Å². The lowest BCUT2D eigenvalue weighted by Crippen LogP contribution is -2.30. The monoisotopic (exact) mass is 207 g/mol. The minimum atomic E-state index is -0.0442. The lowest BCUT2D eigenvalue weighted by atomic mass is 10.2. The fourth-order valence-electron chi connectivity index (χ4n) is 1.16. The second-order valence-electron chi connectivity index (χ2n) is 3.47. The second kappa shape index (κ2) is 5.36. The first-order valence-electron chi connectivity index (χ1n) is 4.96. The first kappa shape index (κ1) is 11.5. The number of rotatable bonds is 4. The second-order valence-corrected chi connectivity index (χ2v) is 3.47. The highest BCUT2D eigenvalue weighted by molar-refractivity contribution is 5.95. The van der Waals surface area contributed by atoms with Crippen LogP contribution in [0, 0.1) is 0 Å². The van der Waals surface area contributed by atoms with Gasteiger partial charge in [0.15, 0.2) is 0 Å². The van der Waals surface area contributed by atoms with Crippen LogP contribution in [0.1, 0.15) is 6.92 Å². The highest BCUT2D eigenvalue weighted by Gasteiger charge is 2.06. The van der Waals surface area contributed by atoms with Gasteiger partial charge in [-0.05, 0) is 25.7 Å². The predicted octanol–water partition coefficient (Wildman–Crippen LogP) is 1.16. The van der Waals surface area contributed by atoms with Gasteiger partial charge >= 0.3 is 0 Å². The van der Waals surface area contributed by atoms with Crippen molar-refractivity contribution in [3.8, 4) is 0 Å². The van der Waals surface area contributed by atoms with E-state index in [1.807, 2.05) is 31.0 Å². The summed E-state index contributed by atoms with van der Waals surface area (Å²) in [6, 6.07) is 7.23. The van der Waals surface area contributed by atoms with E-state index in [0.717, 1.165) is 6.54 Å². The Labute approximate surface area is 90.1 Å². The Morgan fingerprint density at radius 1 is 1.47 bits per heavy atom. The largest absolute Gasteiger partial charge is 0.397 e. The van der Waals surface area contributed by atoms with E-state index < -0.39 is 0 Å². The number of hydrogen-bond acceptors (Lipinski definition) is 3. The number of benzene rings is 1. The molecule has 0 aromatic heterocycles. The fraction of sp³-hybridized carbons (Fsp3) is 0.364. The standard InChI is InChI=1S/C11H17N3O/c1-3-14(2)8-11(15)13-10-7-5-4-6-9(10)12/h4-7H,3,8,12H2,1-2H3,(H,13,15). The van der Waals surface area contributed by atoms with Gasteiger partial charge in [0.1, 0.15) is 0 Å². The quantitative estimate of drug-likeness (QED) is 0.728. The van der Waals surface area contributed by atoms with Crippen LogP contribution in [0.5, 0.6) is 0 Å². The maximum absolute atomic E-state index is 11.5. The summed E-state index contributed by atoms with van der Waals surface area (Å²) in [4.78, 5) is 13.5. The number of anilines is 2.